The van der Waals surface area contributed by atoms with E-state index in [1.807, 2.05) is 11.8 Å². The molecule has 0 aromatic rings. The predicted molar refractivity (Wildman–Crippen MR) is 112 cm³/mol. The Bertz CT molecular complexity index is 292. The third kappa shape index (κ3) is 9.45. The van der Waals surface area contributed by atoms with Gasteiger partial charge < -0.3 is 15.5 Å². The number of unbranched alkanes of at least 4 members (excludes halogenated alkanes) is 1. The zero-order chi connectivity index (χ0) is 15.5. The molecule has 1 aliphatic heterocycles. The monoisotopic (exact) mass is 442 g/mol. The van der Waals surface area contributed by atoms with E-state index in [4.69, 9.17) is 4.99 Å². The second kappa shape index (κ2) is 13.7. The van der Waals surface area contributed by atoms with E-state index in [-0.39, 0.29) is 24.0 Å². The molecular formula is C16H35IN4S. The SMILES string of the molecule is CCNC(=NCCCCSC)NC1CCN(C(C)C)CC1.I. The van der Waals surface area contributed by atoms with Crippen LogP contribution in [0.15, 0.2) is 4.99 Å². The highest BCUT2D eigenvalue weighted by Crippen LogP contribution is 2.12. The molecule has 0 radical (unpaired) electrons. The maximum atomic E-state index is 4.71. The smallest absolute Gasteiger partial charge is 0.191 e. The summed E-state index contributed by atoms with van der Waals surface area (Å²) < 4.78 is 0. The second-order valence-electron chi connectivity index (χ2n) is 6.01. The van der Waals surface area contributed by atoms with Crippen LogP contribution in [0.3, 0.4) is 0 Å². The van der Waals surface area contributed by atoms with Crippen LogP contribution in [0, 0.1) is 0 Å². The third-order valence-corrected chi connectivity index (χ3v) is 4.67. The van der Waals surface area contributed by atoms with Crippen LogP contribution in [-0.2, 0) is 0 Å². The minimum atomic E-state index is 0. The van der Waals surface area contributed by atoms with Gasteiger partial charge in [-0.1, -0.05) is 0 Å². The van der Waals surface area contributed by atoms with Crippen LogP contribution in [-0.4, -0.2) is 61.1 Å². The van der Waals surface area contributed by atoms with E-state index in [9.17, 15) is 0 Å². The Kier molecular flexibility index (Phi) is 13.9. The summed E-state index contributed by atoms with van der Waals surface area (Å²) in [6, 6.07) is 1.24. The fourth-order valence-corrected chi connectivity index (χ4v) is 3.12. The van der Waals surface area contributed by atoms with Crippen LogP contribution in [0.4, 0.5) is 0 Å². The Balaban J connectivity index is 0.00000441. The molecule has 0 atom stereocenters. The molecule has 22 heavy (non-hydrogen) atoms. The summed E-state index contributed by atoms with van der Waals surface area (Å²) in [6.45, 7) is 11.0. The molecule has 1 rings (SSSR count). The van der Waals surface area contributed by atoms with Crippen molar-refractivity contribution in [2.75, 3.05) is 38.2 Å². The van der Waals surface area contributed by atoms with Crippen molar-refractivity contribution in [1.82, 2.24) is 15.5 Å². The number of hydrogen-bond acceptors (Lipinski definition) is 3. The minimum Gasteiger partial charge on any atom is -0.357 e. The van der Waals surface area contributed by atoms with Crippen molar-refractivity contribution in [2.45, 2.75) is 58.5 Å². The molecule has 0 saturated carbocycles. The average Bonchev–Trinajstić information content (AvgIpc) is 2.47. The lowest BCUT2D eigenvalue weighted by molar-refractivity contribution is 0.167. The van der Waals surface area contributed by atoms with Crippen molar-refractivity contribution < 1.29 is 0 Å². The maximum absolute atomic E-state index is 4.71. The van der Waals surface area contributed by atoms with Crippen LogP contribution in [0.25, 0.3) is 0 Å². The molecule has 0 aromatic heterocycles. The lowest BCUT2D eigenvalue weighted by Crippen LogP contribution is -2.49. The van der Waals surface area contributed by atoms with Crippen molar-refractivity contribution in [3.8, 4) is 0 Å². The van der Waals surface area contributed by atoms with Gasteiger partial charge in [-0.25, -0.2) is 0 Å². The van der Waals surface area contributed by atoms with E-state index in [0.717, 1.165) is 19.0 Å². The van der Waals surface area contributed by atoms with Gasteiger partial charge in [-0.15, -0.1) is 24.0 Å². The molecule has 1 heterocycles. The first-order valence-electron chi connectivity index (χ1n) is 8.45. The van der Waals surface area contributed by atoms with Crippen molar-refractivity contribution in [3.05, 3.63) is 0 Å². The van der Waals surface area contributed by atoms with Gasteiger partial charge in [0, 0.05) is 38.3 Å². The number of aliphatic imine (C=N–C) groups is 1. The van der Waals surface area contributed by atoms with Crippen LogP contribution in [0.1, 0.15) is 46.5 Å². The number of halogens is 1. The van der Waals surface area contributed by atoms with Crippen LogP contribution >= 0.6 is 35.7 Å². The molecule has 0 aliphatic carbocycles. The van der Waals surface area contributed by atoms with Gasteiger partial charge in [0.25, 0.3) is 0 Å². The van der Waals surface area contributed by atoms with E-state index in [0.29, 0.717) is 12.1 Å². The standard InChI is InChI=1S/C16H34N4S.HI/c1-5-17-16(18-10-6-7-13-21-4)19-15-8-11-20(12-9-15)14(2)3;/h14-15H,5-13H2,1-4H3,(H2,17,18,19);1H. The molecule has 1 fully saturated rings. The van der Waals surface area contributed by atoms with E-state index in [1.54, 1.807) is 0 Å². The lowest BCUT2D eigenvalue weighted by Gasteiger charge is -2.35. The number of likely N-dealkylation sites (tertiary alicyclic amines) is 1. The number of guanidine groups is 1. The highest BCUT2D eigenvalue weighted by Gasteiger charge is 2.21. The molecule has 2 N–H and O–H groups in total. The fraction of sp³-hybridized carbons (Fsp3) is 0.938. The van der Waals surface area contributed by atoms with Gasteiger partial charge in [-0.2, -0.15) is 11.8 Å². The molecule has 1 saturated heterocycles. The summed E-state index contributed by atoms with van der Waals surface area (Å²) in [5.74, 6) is 2.25. The van der Waals surface area contributed by atoms with E-state index < -0.39 is 0 Å². The summed E-state index contributed by atoms with van der Waals surface area (Å²) in [6.07, 6.45) is 7.04. The molecule has 0 amide bonds. The normalized spacial score (nSPS) is 17.4. The molecule has 0 bridgehead atoms. The summed E-state index contributed by atoms with van der Waals surface area (Å²) in [5, 5.41) is 6.99. The van der Waals surface area contributed by atoms with Gasteiger partial charge >= 0.3 is 0 Å². The number of nitrogens with zero attached hydrogens (tertiary/aromatic N) is 2. The molecule has 132 valence electrons. The van der Waals surface area contributed by atoms with Gasteiger partial charge in [-0.05, 0) is 58.5 Å². The van der Waals surface area contributed by atoms with Gasteiger partial charge in [0.2, 0.25) is 0 Å². The molecule has 0 spiro atoms. The number of nitrogens with one attached hydrogen (secondary N) is 2. The zero-order valence-corrected chi connectivity index (χ0v) is 17.9. The fourth-order valence-electron chi connectivity index (χ4n) is 2.62. The van der Waals surface area contributed by atoms with Gasteiger partial charge in [0.05, 0.1) is 0 Å². The average molecular weight is 442 g/mol. The zero-order valence-electron chi connectivity index (χ0n) is 14.7. The number of piperidine rings is 1. The first kappa shape index (κ1) is 22.3. The van der Waals surface area contributed by atoms with Crippen molar-refractivity contribution >= 4 is 41.7 Å². The van der Waals surface area contributed by atoms with Gasteiger partial charge in [0.15, 0.2) is 5.96 Å². The van der Waals surface area contributed by atoms with Crippen LogP contribution in [0.5, 0.6) is 0 Å². The van der Waals surface area contributed by atoms with Gasteiger partial charge in [-0.3, -0.25) is 4.99 Å². The molecule has 1 aliphatic rings. The highest BCUT2D eigenvalue weighted by molar-refractivity contribution is 14.0. The lowest BCUT2D eigenvalue weighted by atomic mass is 10.0. The summed E-state index contributed by atoms with van der Waals surface area (Å²) >= 11 is 1.92. The first-order valence-corrected chi connectivity index (χ1v) is 9.84. The summed E-state index contributed by atoms with van der Waals surface area (Å²) in [5.41, 5.74) is 0. The third-order valence-electron chi connectivity index (χ3n) is 3.97. The highest BCUT2D eigenvalue weighted by atomic mass is 127. The second-order valence-corrected chi connectivity index (χ2v) is 6.99. The number of hydrogen-bond donors (Lipinski definition) is 2. The van der Waals surface area contributed by atoms with E-state index in [1.165, 1.54) is 44.5 Å². The molecule has 0 unspecified atom stereocenters. The Morgan fingerprint density at radius 3 is 2.50 bits per heavy atom. The summed E-state index contributed by atoms with van der Waals surface area (Å²) in [7, 11) is 0. The van der Waals surface area contributed by atoms with Gasteiger partial charge in [0.1, 0.15) is 0 Å². The molecular weight excluding hydrogens is 407 g/mol. The first-order chi connectivity index (χ1) is 10.2. The summed E-state index contributed by atoms with van der Waals surface area (Å²) in [4.78, 5) is 7.27. The maximum Gasteiger partial charge on any atom is 0.191 e. The number of thioether (sulfide) groups is 1. The minimum absolute atomic E-state index is 0. The van der Waals surface area contributed by atoms with Crippen molar-refractivity contribution in [2.24, 2.45) is 4.99 Å². The Morgan fingerprint density at radius 2 is 1.95 bits per heavy atom. The van der Waals surface area contributed by atoms with Crippen LogP contribution < -0.4 is 10.6 Å². The van der Waals surface area contributed by atoms with Crippen molar-refractivity contribution in [1.29, 1.82) is 0 Å². The van der Waals surface area contributed by atoms with Crippen molar-refractivity contribution in [3.63, 3.8) is 0 Å². The van der Waals surface area contributed by atoms with Crippen LogP contribution in [0.2, 0.25) is 0 Å². The Morgan fingerprint density at radius 1 is 1.27 bits per heavy atom. The molecule has 4 nitrogen and oxygen atoms in total. The molecule has 0 aromatic carbocycles. The van der Waals surface area contributed by atoms with E-state index in [2.05, 4.69) is 42.6 Å². The van der Waals surface area contributed by atoms with E-state index >= 15 is 0 Å². The Hall–Kier alpha value is 0.310. The predicted octanol–water partition coefficient (Wildman–Crippen LogP) is 3.18. The Labute approximate surface area is 158 Å². The largest absolute Gasteiger partial charge is 0.357 e. The quantitative estimate of drug-likeness (QED) is 0.262. The topological polar surface area (TPSA) is 39.7 Å². The number of rotatable bonds is 8. The molecule has 6 heteroatoms.